The summed E-state index contributed by atoms with van der Waals surface area (Å²) >= 11 is 0. The molecule has 0 saturated carbocycles. The van der Waals surface area contributed by atoms with Crippen molar-refractivity contribution in [3.63, 3.8) is 0 Å². The minimum absolute atomic E-state index is 0. The summed E-state index contributed by atoms with van der Waals surface area (Å²) in [5.74, 6) is 0. The van der Waals surface area contributed by atoms with Gasteiger partial charge in [0.1, 0.15) is 5.69 Å². The van der Waals surface area contributed by atoms with E-state index in [1.807, 2.05) is 35.2 Å². The molecule has 0 radical (unpaired) electrons. The van der Waals surface area contributed by atoms with Gasteiger partial charge in [-0.3, -0.25) is 0 Å². The highest BCUT2D eigenvalue weighted by Gasteiger charge is 2.09. The number of hydrogen-bond acceptors (Lipinski definition) is 2. The Labute approximate surface area is 116 Å². The first-order valence-electron chi connectivity index (χ1n) is 4.93. The molecule has 0 unspecified atom stereocenters. The zero-order valence-electron chi connectivity index (χ0n) is 9.28. The molecule has 5 nitrogen and oxygen atoms in total. The molecule has 0 saturated heterocycles. The maximum absolute atomic E-state index is 11.7. The maximum Gasteiger partial charge on any atom is 0.253 e. The van der Waals surface area contributed by atoms with Gasteiger partial charge in [0.05, 0.1) is 10.1 Å². The third-order valence-electron chi connectivity index (χ3n) is 2.29. The van der Waals surface area contributed by atoms with Crippen LogP contribution in [0.5, 0.6) is 0 Å². The summed E-state index contributed by atoms with van der Waals surface area (Å²) in [7, 11) is 0. The van der Waals surface area contributed by atoms with Crippen molar-refractivity contribution in [2.45, 2.75) is 13.5 Å². The molecule has 0 amide bonds. The van der Waals surface area contributed by atoms with Crippen LogP contribution in [0.15, 0.2) is 43.0 Å². The topological polar surface area (TPSA) is 54.8 Å². The van der Waals surface area contributed by atoms with E-state index in [0.717, 1.165) is 4.73 Å². The first-order valence-corrected chi connectivity index (χ1v) is 4.93. The van der Waals surface area contributed by atoms with Crippen molar-refractivity contribution in [1.29, 1.82) is 0 Å². The summed E-state index contributed by atoms with van der Waals surface area (Å²) in [6.45, 7) is 1.99. The van der Waals surface area contributed by atoms with E-state index in [1.165, 1.54) is 12.4 Å². The average Bonchev–Trinajstić information content (AvgIpc) is 2.27. The third kappa shape index (κ3) is 3.26. The van der Waals surface area contributed by atoms with E-state index in [2.05, 4.69) is 0 Å². The van der Waals surface area contributed by atoms with E-state index in [-0.39, 0.29) is 24.0 Å². The van der Waals surface area contributed by atoms with E-state index in [9.17, 15) is 10.1 Å². The standard InChI is InChI=1S/C11H12N3O2.HI/c1-10-7-13(15)9-11(14(10)16)8-12-5-3-2-4-6-12;/h2-7,9H,8H2,1H3;1H/q+1;/p-1. The first kappa shape index (κ1) is 13.6. The minimum atomic E-state index is 0. The fourth-order valence-corrected chi connectivity index (χ4v) is 1.53. The lowest BCUT2D eigenvalue weighted by atomic mass is 10.4. The van der Waals surface area contributed by atoms with Crippen molar-refractivity contribution in [2.24, 2.45) is 0 Å². The molecule has 0 N–H and O–H groups in total. The molecule has 2 aromatic heterocycles. The predicted molar refractivity (Wildman–Crippen MR) is 57.0 cm³/mol. The molecular weight excluding hydrogens is 333 g/mol. The van der Waals surface area contributed by atoms with Gasteiger partial charge >= 0.3 is 0 Å². The monoisotopic (exact) mass is 345 g/mol. The summed E-state index contributed by atoms with van der Waals surface area (Å²) in [6.07, 6.45) is 6.24. The minimum Gasteiger partial charge on any atom is -1.00 e. The lowest BCUT2D eigenvalue weighted by Gasteiger charge is -2.14. The number of aryl methyl sites for hydroxylation is 1. The molecule has 2 aromatic rings. The Bertz CT molecular complexity index is 554. The Kier molecular flexibility index (Phi) is 4.62. The Balaban J connectivity index is 0.00000144. The number of hydrogen-bond donors (Lipinski definition) is 0. The van der Waals surface area contributed by atoms with Crippen LogP contribution in [0.25, 0.3) is 0 Å². The number of rotatable bonds is 2. The van der Waals surface area contributed by atoms with Gasteiger partial charge in [-0.1, -0.05) is 6.07 Å². The summed E-state index contributed by atoms with van der Waals surface area (Å²) in [5, 5.41) is 11.7. The van der Waals surface area contributed by atoms with Gasteiger partial charge in [0.25, 0.3) is 6.20 Å². The van der Waals surface area contributed by atoms with Crippen molar-refractivity contribution < 1.29 is 33.0 Å². The lowest BCUT2D eigenvalue weighted by Crippen LogP contribution is -3.00. The zero-order chi connectivity index (χ0) is 11.5. The van der Waals surface area contributed by atoms with Crippen molar-refractivity contribution in [3.8, 4) is 0 Å². The van der Waals surface area contributed by atoms with Gasteiger partial charge in [0.2, 0.25) is 6.20 Å². The van der Waals surface area contributed by atoms with E-state index >= 15 is 0 Å². The van der Waals surface area contributed by atoms with Crippen LogP contribution in [-0.2, 0) is 6.54 Å². The normalized spacial score (nSPS) is 9.71. The molecule has 0 spiro atoms. The van der Waals surface area contributed by atoms with Crippen molar-refractivity contribution in [1.82, 2.24) is 4.73 Å². The van der Waals surface area contributed by atoms with Gasteiger partial charge in [-0.2, -0.15) is 4.57 Å². The summed E-state index contributed by atoms with van der Waals surface area (Å²) < 4.78 is 3.26. The van der Waals surface area contributed by atoms with Crippen LogP contribution in [0.1, 0.15) is 11.4 Å². The Hall–Kier alpha value is -1.44. The molecule has 6 heteroatoms. The second kappa shape index (κ2) is 5.76. The third-order valence-corrected chi connectivity index (χ3v) is 2.29. The molecule has 90 valence electrons. The lowest BCUT2D eigenvalue weighted by molar-refractivity contribution is -0.689. The quantitative estimate of drug-likeness (QED) is 0.443. The predicted octanol–water partition coefficient (Wildman–Crippen LogP) is -2.60. The zero-order valence-corrected chi connectivity index (χ0v) is 11.4. The summed E-state index contributed by atoms with van der Waals surface area (Å²) in [4.78, 5) is 11.2. The highest BCUT2D eigenvalue weighted by molar-refractivity contribution is 5.02. The van der Waals surface area contributed by atoms with E-state index in [1.54, 1.807) is 6.92 Å². The molecule has 0 bridgehead atoms. The van der Waals surface area contributed by atoms with Crippen LogP contribution in [0, 0.1) is 17.0 Å². The van der Waals surface area contributed by atoms with Crippen molar-refractivity contribution in [3.05, 3.63) is 64.5 Å². The summed E-state index contributed by atoms with van der Waals surface area (Å²) in [6, 6.07) is 5.64. The van der Waals surface area contributed by atoms with Gasteiger partial charge in [-0.15, -0.1) is 0 Å². The molecule has 17 heavy (non-hydrogen) atoms. The number of nitrogens with zero attached hydrogens (tertiary/aromatic N) is 3. The van der Waals surface area contributed by atoms with E-state index in [4.69, 9.17) is 0 Å². The highest BCUT2D eigenvalue weighted by Crippen LogP contribution is 1.98. The van der Waals surface area contributed by atoms with Crippen LogP contribution in [0.4, 0.5) is 0 Å². The molecule has 0 aromatic carbocycles. The van der Waals surface area contributed by atoms with Crippen LogP contribution in [-0.4, -0.2) is 4.73 Å². The molecule has 0 aliphatic heterocycles. The smallest absolute Gasteiger partial charge is 0.253 e. The van der Waals surface area contributed by atoms with Crippen molar-refractivity contribution >= 4 is 0 Å². The number of pyridine rings is 1. The fraction of sp³-hybridized carbons (Fsp3) is 0.182. The largest absolute Gasteiger partial charge is 1.00 e. The van der Waals surface area contributed by atoms with Gasteiger partial charge in [-0.05, 0) is 6.92 Å². The molecular formula is C11H12IN3O2. The molecule has 2 heterocycles. The van der Waals surface area contributed by atoms with Crippen LogP contribution in [0.2, 0.25) is 0 Å². The Morgan fingerprint density at radius 3 is 2.53 bits per heavy atom. The Morgan fingerprint density at radius 2 is 1.88 bits per heavy atom. The molecule has 0 fully saturated rings. The summed E-state index contributed by atoms with van der Waals surface area (Å²) in [5.41, 5.74) is 0.815. The molecule has 0 atom stereocenters. The highest BCUT2D eigenvalue weighted by atomic mass is 127. The van der Waals surface area contributed by atoms with Gasteiger partial charge in [0.15, 0.2) is 18.9 Å². The van der Waals surface area contributed by atoms with Crippen LogP contribution in [0.3, 0.4) is 0 Å². The number of halogens is 1. The van der Waals surface area contributed by atoms with E-state index < -0.39 is 0 Å². The maximum atomic E-state index is 11.7. The van der Waals surface area contributed by atoms with Crippen molar-refractivity contribution in [2.75, 3.05) is 0 Å². The second-order valence-electron chi connectivity index (χ2n) is 3.59. The van der Waals surface area contributed by atoms with Gasteiger partial charge in [-0.25, -0.2) is 0 Å². The molecule has 2 rings (SSSR count). The first-order chi connectivity index (χ1) is 7.66. The average molecular weight is 345 g/mol. The Morgan fingerprint density at radius 1 is 1.24 bits per heavy atom. The van der Waals surface area contributed by atoms with Crippen LogP contribution < -0.4 is 33.0 Å². The molecule has 0 aliphatic carbocycles. The number of aromatic nitrogens is 3. The van der Waals surface area contributed by atoms with Gasteiger partial charge < -0.3 is 33.9 Å². The second-order valence-corrected chi connectivity index (χ2v) is 3.59. The van der Waals surface area contributed by atoms with E-state index in [0.29, 0.717) is 22.4 Å². The SMILES string of the molecule is Cc1c[n+](=O)cc(C[n+]2ccccc2)n1[O-].[I-]. The van der Waals surface area contributed by atoms with Gasteiger partial charge in [0, 0.05) is 17.0 Å². The van der Waals surface area contributed by atoms with Crippen LogP contribution >= 0.6 is 0 Å². The molecule has 0 aliphatic rings. The fourth-order valence-electron chi connectivity index (χ4n) is 1.53.